The number of benzene rings is 1. The Bertz CT molecular complexity index is 983. The summed E-state index contributed by atoms with van der Waals surface area (Å²) in [5.41, 5.74) is 5.34. The van der Waals surface area contributed by atoms with Crippen molar-refractivity contribution in [2.75, 3.05) is 29.0 Å². The highest BCUT2D eigenvalue weighted by Gasteiger charge is 2.22. The van der Waals surface area contributed by atoms with Crippen LogP contribution in [0.25, 0.3) is 0 Å². The first kappa shape index (κ1) is 22.7. The van der Waals surface area contributed by atoms with Gasteiger partial charge in [-0.1, -0.05) is 31.5 Å². The van der Waals surface area contributed by atoms with Gasteiger partial charge in [0.2, 0.25) is 5.91 Å². The number of rotatable bonds is 9. The molecule has 0 saturated carbocycles. The number of unbranched alkanes of at least 4 members (excludes halogenated alkanes) is 1. The fourth-order valence-corrected chi connectivity index (χ4v) is 2.95. The van der Waals surface area contributed by atoms with Crippen molar-refractivity contribution in [2.24, 2.45) is 0 Å². The quantitative estimate of drug-likeness (QED) is 0.490. The van der Waals surface area contributed by atoms with E-state index >= 15 is 0 Å². The average Bonchev–Trinajstić information content (AvgIpc) is 2.71. The largest absolute Gasteiger partial charge is 0.383 e. The number of H-pyrrole nitrogens is 1. The van der Waals surface area contributed by atoms with Crippen LogP contribution in [0.1, 0.15) is 33.1 Å². The third-order valence-corrected chi connectivity index (χ3v) is 4.49. The molecule has 1 heterocycles. The van der Waals surface area contributed by atoms with Gasteiger partial charge >= 0.3 is 11.7 Å². The maximum Gasteiger partial charge on any atom is 0.330 e. The molecular formula is C20H28N6O4. The summed E-state index contributed by atoms with van der Waals surface area (Å²) in [6.45, 7) is 4.28. The number of hydrogen-bond acceptors (Lipinski definition) is 5. The van der Waals surface area contributed by atoms with Crippen LogP contribution in [0.2, 0.25) is 0 Å². The Labute approximate surface area is 174 Å². The number of urea groups is 1. The summed E-state index contributed by atoms with van der Waals surface area (Å²) in [4.78, 5) is 52.5. The number of nitrogens with zero attached hydrogens (tertiary/aromatic N) is 2. The molecule has 0 bridgehead atoms. The van der Waals surface area contributed by atoms with Crippen molar-refractivity contribution in [3.8, 4) is 0 Å². The molecule has 10 heteroatoms. The van der Waals surface area contributed by atoms with E-state index in [2.05, 4.69) is 15.6 Å². The summed E-state index contributed by atoms with van der Waals surface area (Å²) in [6.07, 6.45) is 1.51. The van der Waals surface area contributed by atoms with Crippen LogP contribution < -0.4 is 32.5 Å². The molecule has 1 aromatic heterocycles. The number of nitrogens with one attached hydrogen (secondary N) is 3. The molecule has 0 fully saturated rings. The van der Waals surface area contributed by atoms with Crippen LogP contribution in [0.4, 0.5) is 22.0 Å². The van der Waals surface area contributed by atoms with E-state index in [1.54, 1.807) is 31.2 Å². The molecule has 162 valence electrons. The van der Waals surface area contributed by atoms with Gasteiger partial charge in [0.05, 0.1) is 0 Å². The van der Waals surface area contributed by atoms with Crippen LogP contribution in [0.3, 0.4) is 0 Å². The maximum atomic E-state index is 12.7. The van der Waals surface area contributed by atoms with E-state index in [0.29, 0.717) is 18.7 Å². The van der Waals surface area contributed by atoms with Crippen LogP contribution in [-0.4, -0.2) is 34.6 Å². The van der Waals surface area contributed by atoms with Crippen LogP contribution in [0.5, 0.6) is 0 Å². The van der Waals surface area contributed by atoms with Crippen molar-refractivity contribution < 1.29 is 9.59 Å². The number of nitrogen functional groups attached to an aromatic ring is 1. The third kappa shape index (κ3) is 5.72. The number of carbonyl (C=O) groups excluding carboxylic acids is 2. The minimum absolute atomic E-state index is 0.0387. The van der Waals surface area contributed by atoms with E-state index in [1.165, 1.54) is 9.47 Å². The van der Waals surface area contributed by atoms with Crippen molar-refractivity contribution in [1.29, 1.82) is 0 Å². The Kier molecular flexibility index (Phi) is 8.21. The van der Waals surface area contributed by atoms with Gasteiger partial charge < -0.3 is 21.3 Å². The molecule has 10 nitrogen and oxygen atoms in total. The molecule has 0 aliphatic rings. The third-order valence-electron chi connectivity index (χ3n) is 4.49. The van der Waals surface area contributed by atoms with Gasteiger partial charge in [-0.05, 0) is 25.5 Å². The lowest BCUT2D eigenvalue weighted by atomic mass is 10.3. The van der Waals surface area contributed by atoms with Gasteiger partial charge in [-0.15, -0.1) is 0 Å². The highest BCUT2D eigenvalue weighted by atomic mass is 16.2. The topological polar surface area (TPSA) is 142 Å². The van der Waals surface area contributed by atoms with E-state index in [-0.39, 0.29) is 31.0 Å². The van der Waals surface area contributed by atoms with Crippen molar-refractivity contribution in [1.82, 2.24) is 14.9 Å². The van der Waals surface area contributed by atoms with Gasteiger partial charge in [0, 0.05) is 31.7 Å². The molecular weight excluding hydrogens is 388 g/mol. The first-order valence-corrected chi connectivity index (χ1v) is 9.91. The number of hydrogen-bond donors (Lipinski definition) is 4. The van der Waals surface area contributed by atoms with E-state index in [1.807, 2.05) is 13.0 Å². The minimum Gasteiger partial charge on any atom is -0.383 e. The molecule has 0 spiro atoms. The second-order valence-electron chi connectivity index (χ2n) is 6.63. The molecule has 2 rings (SSSR count). The zero-order valence-electron chi connectivity index (χ0n) is 17.2. The normalized spacial score (nSPS) is 10.5. The van der Waals surface area contributed by atoms with E-state index in [9.17, 15) is 19.2 Å². The lowest BCUT2D eigenvalue weighted by Gasteiger charge is -2.23. The smallest absolute Gasteiger partial charge is 0.330 e. The number of aromatic nitrogens is 2. The van der Waals surface area contributed by atoms with Gasteiger partial charge in [0.15, 0.2) is 5.69 Å². The molecule has 30 heavy (non-hydrogen) atoms. The molecule has 2 aromatic rings. The molecule has 0 atom stereocenters. The Morgan fingerprint density at radius 3 is 2.50 bits per heavy atom. The first-order valence-electron chi connectivity index (χ1n) is 9.91. The zero-order valence-corrected chi connectivity index (χ0v) is 17.2. The van der Waals surface area contributed by atoms with Crippen molar-refractivity contribution in [3.05, 3.63) is 51.2 Å². The molecule has 1 aromatic carbocycles. The molecule has 0 unspecified atom stereocenters. The number of para-hydroxylation sites is 1. The van der Waals surface area contributed by atoms with Crippen LogP contribution in [-0.2, 0) is 11.3 Å². The molecule has 0 saturated heterocycles. The molecule has 0 radical (unpaired) electrons. The van der Waals surface area contributed by atoms with Crippen molar-refractivity contribution in [3.63, 3.8) is 0 Å². The van der Waals surface area contributed by atoms with E-state index in [0.717, 1.165) is 6.42 Å². The fraction of sp³-hybridized carbons (Fsp3) is 0.400. The van der Waals surface area contributed by atoms with Crippen LogP contribution in [0.15, 0.2) is 39.9 Å². The van der Waals surface area contributed by atoms with E-state index < -0.39 is 23.2 Å². The van der Waals surface area contributed by atoms with Crippen LogP contribution >= 0.6 is 0 Å². The summed E-state index contributed by atoms with van der Waals surface area (Å²) < 4.78 is 1.27. The predicted molar refractivity (Wildman–Crippen MR) is 117 cm³/mol. The molecule has 0 aliphatic heterocycles. The fourth-order valence-electron chi connectivity index (χ4n) is 2.95. The summed E-state index contributed by atoms with van der Waals surface area (Å²) in [6, 6.07) is 8.46. The Morgan fingerprint density at radius 1 is 1.17 bits per heavy atom. The SMILES string of the molecule is CCCCn1c(N)c(N(CC)C(=O)CCNC(=O)Nc2ccccc2)c(=O)[nH]c1=O. The van der Waals surface area contributed by atoms with Crippen LogP contribution in [0, 0.1) is 0 Å². The number of nitrogens with two attached hydrogens (primary N) is 1. The highest BCUT2D eigenvalue weighted by molar-refractivity contribution is 5.96. The minimum atomic E-state index is -0.713. The number of amides is 3. The second-order valence-corrected chi connectivity index (χ2v) is 6.63. The lowest BCUT2D eigenvalue weighted by Crippen LogP contribution is -2.42. The monoisotopic (exact) mass is 416 g/mol. The number of aromatic amines is 1. The lowest BCUT2D eigenvalue weighted by molar-refractivity contribution is -0.118. The zero-order chi connectivity index (χ0) is 22.1. The summed E-state index contributed by atoms with van der Waals surface area (Å²) in [5.74, 6) is -0.433. The van der Waals surface area contributed by atoms with Gasteiger partial charge in [0.25, 0.3) is 5.56 Å². The number of anilines is 3. The molecule has 3 amide bonds. The summed E-state index contributed by atoms with van der Waals surface area (Å²) >= 11 is 0. The number of carbonyl (C=O) groups is 2. The standard InChI is InChI=1S/C20H28N6O4/c1-3-5-13-26-17(21)16(18(28)24-20(26)30)25(4-2)15(27)11-12-22-19(29)23-14-9-7-6-8-10-14/h6-10H,3-5,11-13,21H2,1-2H3,(H2,22,23,29)(H,24,28,30). The maximum absolute atomic E-state index is 12.7. The van der Waals surface area contributed by atoms with E-state index in [4.69, 9.17) is 5.73 Å². The molecule has 0 aliphatic carbocycles. The Hall–Kier alpha value is -3.56. The Balaban J connectivity index is 2.06. The van der Waals surface area contributed by atoms with Crippen molar-refractivity contribution in [2.45, 2.75) is 39.7 Å². The predicted octanol–water partition coefficient (Wildman–Crippen LogP) is 1.48. The van der Waals surface area contributed by atoms with Gasteiger partial charge in [-0.3, -0.25) is 19.1 Å². The summed E-state index contributed by atoms with van der Waals surface area (Å²) in [5, 5.41) is 5.25. The first-order chi connectivity index (χ1) is 14.4. The van der Waals surface area contributed by atoms with Crippen molar-refractivity contribution >= 4 is 29.1 Å². The Morgan fingerprint density at radius 2 is 1.87 bits per heavy atom. The van der Waals surface area contributed by atoms with Gasteiger partial charge in [-0.25, -0.2) is 9.59 Å². The van der Waals surface area contributed by atoms with Gasteiger partial charge in [-0.2, -0.15) is 0 Å². The summed E-state index contributed by atoms with van der Waals surface area (Å²) in [7, 11) is 0. The molecule has 5 N–H and O–H groups in total. The highest BCUT2D eigenvalue weighted by Crippen LogP contribution is 2.17. The van der Waals surface area contributed by atoms with Gasteiger partial charge in [0.1, 0.15) is 5.82 Å². The average molecular weight is 416 g/mol. The second kappa shape index (κ2) is 10.8.